The summed E-state index contributed by atoms with van der Waals surface area (Å²) in [6.07, 6.45) is 0. The van der Waals surface area contributed by atoms with Gasteiger partial charge in [0, 0.05) is 0 Å². The van der Waals surface area contributed by atoms with Gasteiger partial charge in [-0.25, -0.2) is 19.2 Å². The molecule has 4 N–H and O–H groups in total. The molecule has 0 aliphatic heterocycles. The zero-order chi connectivity index (χ0) is 82.0. The van der Waals surface area contributed by atoms with Crippen molar-refractivity contribution >= 4 is 56.2 Å². The lowest BCUT2D eigenvalue weighted by Crippen LogP contribution is -1.99. The second-order valence-electron chi connectivity index (χ2n) is 32.4. The van der Waals surface area contributed by atoms with Gasteiger partial charge >= 0.3 is 23.9 Å². The van der Waals surface area contributed by atoms with Crippen LogP contribution in [0.1, 0.15) is 130 Å². The maximum atomic E-state index is 11.9. The highest BCUT2D eigenvalue weighted by Gasteiger charge is 2.27. The Kier molecular flexibility index (Phi) is 19.4. The Morgan fingerprint density at radius 2 is 0.276 bits per heavy atom. The van der Waals surface area contributed by atoms with E-state index in [1.165, 1.54) is 10.8 Å². The summed E-state index contributed by atoms with van der Waals surface area (Å²) in [4.78, 5) is 47.5. The predicted octanol–water partition coefficient (Wildman–Crippen LogP) is 28.3. The maximum absolute atomic E-state index is 11.9. The van der Waals surface area contributed by atoms with Crippen molar-refractivity contribution in [3.63, 3.8) is 0 Å². The molecule has 570 valence electrons. The Balaban J connectivity index is 0.925. The molecule has 0 aliphatic rings. The molecular weight excluding hydrogens is 1430 g/mol. The number of carbonyl (C=O) groups is 4. The summed E-state index contributed by atoms with van der Waals surface area (Å²) >= 11 is 0. The van der Waals surface area contributed by atoms with E-state index in [1.54, 1.807) is 48.5 Å². The Hall–Kier alpha value is -13.6. The van der Waals surface area contributed by atoms with Crippen molar-refractivity contribution in [2.45, 2.75) is 111 Å². The highest BCUT2D eigenvalue weighted by atomic mass is 16.4. The van der Waals surface area contributed by atoms with Gasteiger partial charge in [0.05, 0.1) is 22.3 Å². The first kappa shape index (κ1) is 76.4. The lowest BCUT2D eigenvalue weighted by atomic mass is 9.79. The van der Waals surface area contributed by atoms with Crippen LogP contribution in [-0.4, -0.2) is 44.3 Å². The van der Waals surface area contributed by atoms with Gasteiger partial charge in [-0.2, -0.15) is 0 Å². The van der Waals surface area contributed by atoms with E-state index in [1.807, 2.05) is 48.5 Å². The van der Waals surface area contributed by atoms with Gasteiger partial charge < -0.3 is 20.4 Å². The zero-order valence-corrected chi connectivity index (χ0v) is 68.4. The molecule has 0 aromatic heterocycles. The Bertz CT molecular complexity index is 6070. The predicted molar refractivity (Wildman–Crippen MR) is 479 cm³/mol. The van der Waals surface area contributed by atoms with Crippen LogP contribution in [0.15, 0.2) is 231 Å². The van der Waals surface area contributed by atoms with Crippen molar-refractivity contribution in [2.24, 2.45) is 0 Å². The second-order valence-corrected chi connectivity index (χ2v) is 32.4. The van der Waals surface area contributed by atoms with Gasteiger partial charge in [-0.15, -0.1) is 0 Å². The first-order chi connectivity index (χ1) is 55.4. The van der Waals surface area contributed by atoms with Crippen LogP contribution < -0.4 is 0 Å². The van der Waals surface area contributed by atoms with Crippen molar-refractivity contribution in [1.82, 2.24) is 0 Å². The smallest absolute Gasteiger partial charge is 0.335 e. The van der Waals surface area contributed by atoms with E-state index in [-0.39, 0.29) is 22.3 Å². The second kappa shape index (κ2) is 29.4. The first-order valence-electron chi connectivity index (χ1n) is 39.5. The third kappa shape index (κ3) is 13.4. The summed E-state index contributed by atoms with van der Waals surface area (Å²) < 4.78 is 0. The molecule has 0 unspecified atom stereocenters. The fourth-order valence-corrected chi connectivity index (χ4v) is 18.3. The highest BCUT2D eigenvalue weighted by molar-refractivity contribution is 6.32. The van der Waals surface area contributed by atoms with Crippen molar-refractivity contribution in [2.75, 3.05) is 0 Å². The van der Waals surface area contributed by atoms with Gasteiger partial charge in [-0.1, -0.05) is 170 Å². The van der Waals surface area contributed by atoms with Gasteiger partial charge in [-0.05, 0) is 426 Å². The monoisotopic (exact) mass is 1510 g/mol. The lowest BCUT2D eigenvalue weighted by Gasteiger charge is -2.25. The fourth-order valence-electron chi connectivity index (χ4n) is 18.3. The summed E-state index contributed by atoms with van der Waals surface area (Å²) in [6.45, 7) is 35.1. The molecule has 0 radical (unpaired) electrons. The third-order valence-corrected chi connectivity index (χ3v) is 24.6. The molecule has 0 atom stereocenters. The van der Waals surface area contributed by atoms with Crippen LogP contribution in [0.25, 0.3) is 166 Å². The number of rotatable bonds is 16. The third-order valence-electron chi connectivity index (χ3n) is 24.6. The van der Waals surface area contributed by atoms with Crippen LogP contribution in [0.3, 0.4) is 0 Å². The molecule has 0 saturated carbocycles. The average Bonchev–Trinajstić information content (AvgIpc) is 0.700. The molecule has 0 bridgehead atoms. The number of aromatic carboxylic acids is 4. The molecule has 16 aromatic rings. The topological polar surface area (TPSA) is 149 Å². The quantitative estimate of drug-likeness (QED) is 0.0699. The molecule has 0 spiro atoms. The van der Waals surface area contributed by atoms with E-state index in [4.69, 9.17) is 0 Å². The molecule has 0 saturated heterocycles. The number of aryl methyl sites for hydroxylation is 16. The molecule has 16 aromatic carbocycles. The maximum Gasteiger partial charge on any atom is 0.335 e. The van der Waals surface area contributed by atoms with Crippen molar-refractivity contribution in [1.29, 1.82) is 0 Å². The van der Waals surface area contributed by atoms with Crippen molar-refractivity contribution in [3.05, 3.63) is 342 Å². The van der Waals surface area contributed by atoms with Gasteiger partial charge in [-0.3, -0.25) is 0 Å². The average molecular weight is 1520 g/mol. The molecular formula is C108H90O8. The normalized spacial score (nSPS) is 11.6. The van der Waals surface area contributed by atoms with Crippen LogP contribution in [0.2, 0.25) is 0 Å². The number of carboxylic acid groups (broad SMARTS) is 4. The minimum Gasteiger partial charge on any atom is -0.478 e. The van der Waals surface area contributed by atoms with E-state index in [0.717, 1.165) is 244 Å². The van der Waals surface area contributed by atoms with Gasteiger partial charge in [0.25, 0.3) is 0 Å². The number of carboxylic acids is 4. The summed E-state index contributed by atoms with van der Waals surface area (Å²) in [5, 5.41) is 45.9. The molecule has 0 aliphatic carbocycles. The largest absolute Gasteiger partial charge is 0.478 e. The SMILES string of the molecule is Cc1cc(-c2cc(C)c(-c3cc(-c4cc(C)c(-c5cc(C)c(-c6ccc(C(=O)O)cc6)cc5C)cc4C)c4ccc5c(-c6cc(C)c(-c7cc(C)c(-c8ccc(C(=O)O)cc8)cc7C)cc6C)cc(-c6cc(C)c(-c7cc(C)c(-c8ccc(C(=O)O)cc8)cc7C)cc6C)c6ccc3c4c65)cc2C)c(C)cc1-c1ccc(C(=O)O)cc1. The van der Waals surface area contributed by atoms with E-state index >= 15 is 0 Å². The van der Waals surface area contributed by atoms with Crippen LogP contribution in [0.5, 0.6) is 0 Å². The van der Waals surface area contributed by atoms with Gasteiger partial charge in [0.1, 0.15) is 0 Å². The van der Waals surface area contributed by atoms with Crippen LogP contribution in [0.4, 0.5) is 0 Å². The van der Waals surface area contributed by atoms with Crippen molar-refractivity contribution in [3.8, 4) is 134 Å². The molecule has 0 fully saturated rings. The van der Waals surface area contributed by atoms with E-state index in [0.29, 0.717) is 0 Å². The fraction of sp³-hybridized carbons (Fsp3) is 0.148. The first-order valence-corrected chi connectivity index (χ1v) is 39.5. The number of hydrogen-bond acceptors (Lipinski definition) is 4. The zero-order valence-electron chi connectivity index (χ0n) is 68.4. The van der Waals surface area contributed by atoms with Gasteiger partial charge in [0.15, 0.2) is 0 Å². The summed E-state index contributed by atoms with van der Waals surface area (Å²) in [5.41, 5.74) is 45.3. The van der Waals surface area contributed by atoms with Crippen LogP contribution in [0, 0.1) is 111 Å². The molecule has 116 heavy (non-hydrogen) atoms. The number of benzene rings is 16. The van der Waals surface area contributed by atoms with Crippen LogP contribution in [-0.2, 0) is 0 Å². The number of hydrogen-bond donors (Lipinski definition) is 4. The van der Waals surface area contributed by atoms with Crippen LogP contribution >= 0.6 is 0 Å². The lowest BCUT2D eigenvalue weighted by molar-refractivity contribution is 0.0686. The van der Waals surface area contributed by atoms with E-state index in [2.05, 4.69) is 244 Å². The summed E-state index contributed by atoms with van der Waals surface area (Å²) in [5.74, 6) is -3.81. The summed E-state index contributed by atoms with van der Waals surface area (Å²) in [7, 11) is 0. The Labute approximate surface area is 677 Å². The highest BCUT2D eigenvalue weighted by Crippen LogP contribution is 2.53. The molecule has 16 rings (SSSR count). The van der Waals surface area contributed by atoms with E-state index < -0.39 is 23.9 Å². The summed E-state index contributed by atoms with van der Waals surface area (Å²) in [6, 6.07) is 80.0. The Morgan fingerprint density at radius 1 is 0.155 bits per heavy atom. The minimum atomic E-state index is -0.952. The van der Waals surface area contributed by atoms with Crippen molar-refractivity contribution < 1.29 is 39.6 Å². The standard InChI is InChI=1S/C108H90O8/c1-55-41-87(59(5)37-83(55)71-17-25-75(26-18-71)105(109)110)91-45-67(13)95(49-63(91)9)99-53-100(96-50-64(10)92(46-68(96)14)88-42-56(2)84(38-60(88)6)72-19-27-76(28-20-72)106(111)112)80-35-36-82-102(98-52-66(12)94(48-70(98)16)90-44-58(4)86(40-62(90)8)74-23-31-78(32-24-74)108(115)116)54-101(81-34-33-79(99)103(80)104(81)82)97-51-65(11)93(47-69(97)15)89-43-57(3)85(39-61(89)7)73-21-29-77(30-22-73)107(113)114/h17-54H,1-16H3,(H,109,110)(H,111,112)(H,113,114)(H,115,116). The Morgan fingerprint density at radius 3 is 0.414 bits per heavy atom. The molecule has 0 heterocycles. The molecule has 0 amide bonds. The molecule has 8 heteroatoms. The van der Waals surface area contributed by atoms with E-state index in [9.17, 15) is 39.6 Å². The minimum absolute atomic E-state index is 0.252. The molecule has 8 nitrogen and oxygen atoms in total. The van der Waals surface area contributed by atoms with Gasteiger partial charge in [0.2, 0.25) is 0 Å².